The molecule has 0 heterocycles. The van der Waals surface area contributed by atoms with E-state index in [4.69, 9.17) is 0 Å². The van der Waals surface area contributed by atoms with Crippen molar-refractivity contribution in [3.8, 4) is 0 Å². The number of nitrogens with one attached hydrogen (secondary N) is 1. The monoisotopic (exact) mass is 359 g/mol. The first-order valence-electron chi connectivity index (χ1n) is 6.99. The first kappa shape index (κ1) is 15.8. The van der Waals surface area contributed by atoms with Crippen molar-refractivity contribution in [2.75, 3.05) is 11.6 Å². The number of sulfone groups is 1. The molecular formula is C15H22BrNO2S. The fourth-order valence-corrected chi connectivity index (χ4v) is 4.87. The van der Waals surface area contributed by atoms with Crippen molar-refractivity contribution in [3.05, 3.63) is 27.7 Å². The zero-order chi connectivity index (χ0) is 14.9. The van der Waals surface area contributed by atoms with Crippen LogP contribution in [0.15, 0.2) is 16.6 Å². The van der Waals surface area contributed by atoms with Crippen molar-refractivity contribution < 1.29 is 8.42 Å². The molecular weight excluding hydrogens is 338 g/mol. The summed E-state index contributed by atoms with van der Waals surface area (Å²) in [7, 11) is -2.93. The lowest BCUT2D eigenvalue weighted by Gasteiger charge is -2.30. The summed E-state index contributed by atoms with van der Waals surface area (Å²) in [6.07, 6.45) is 4.89. The van der Waals surface area contributed by atoms with E-state index in [0.717, 1.165) is 29.4 Å². The van der Waals surface area contributed by atoms with Crippen LogP contribution in [0.5, 0.6) is 0 Å². The van der Waals surface area contributed by atoms with Crippen molar-refractivity contribution in [2.24, 2.45) is 0 Å². The first-order chi connectivity index (χ1) is 9.27. The van der Waals surface area contributed by atoms with Crippen LogP contribution in [0.25, 0.3) is 0 Å². The van der Waals surface area contributed by atoms with E-state index in [9.17, 15) is 8.42 Å². The molecule has 0 bridgehead atoms. The van der Waals surface area contributed by atoms with Gasteiger partial charge in [0.2, 0.25) is 0 Å². The maximum atomic E-state index is 11.7. The Morgan fingerprint density at radius 1 is 1.20 bits per heavy atom. The number of hydrogen-bond acceptors (Lipinski definition) is 3. The maximum Gasteiger partial charge on any atom is 0.150 e. The minimum Gasteiger partial charge on any atom is -0.382 e. The summed E-state index contributed by atoms with van der Waals surface area (Å²) in [5, 5.41) is 3.37. The molecule has 2 unspecified atom stereocenters. The van der Waals surface area contributed by atoms with Gasteiger partial charge in [-0.25, -0.2) is 8.42 Å². The lowest BCUT2D eigenvalue weighted by atomic mass is 9.94. The normalized spacial score (nSPS) is 23.6. The van der Waals surface area contributed by atoms with E-state index < -0.39 is 9.84 Å². The zero-order valence-corrected chi connectivity index (χ0v) is 14.6. The lowest BCUT2D eigenvalue weighted by Crippen LogP contribution is -2.34. The minimum absolute atomic E-state index is 0.190. The van der Waals surface area contributed by atoms with Gasteiger partial charge in [-0.3, -0.25) is 0 Å². The highest BCUT2D eigenvalue weighted by atomic mass is 79.9. The largest absolute Gasteiger partial charge is 0.382 e. The maximum absolute atomic E-state index is 11.7. The van der Waals surface area contributed by atoms with E-state index in [1.807, 2.05) is 0 Å². The van der Waals surface area contributed by atoms with E-state index >= 15 is 0 Å². The highest BCUT2D eigenvalue weighted by Gasteiger charge is 2.29. The standard InChI is InChI=1S/C15H22BrNO2S/c1-10-7-12(16)8-11(2)15(10)17-13-5-4-6-14(9-13)20(3,18)19/h7-8,13-14,17H,4-6,9H2,1-3H3. The second-order valence-electron chi connectivity index (χ2n) is 5.87. The summed E-state index contributed by atoms with van der Waals surface area (Å²) in [6, 6.07) is 4.43. The van der Waals surface area contributed by atoms with E-state index in [-0.39, 0.29) is 11.3 Å². The van der Waals surface area contributed by atoms with E-state index in [1.54, 1.807) is 0 Å². The van der Waals surface area contributed by atoms with Crippen LogP contribution in [0.1, 0.15) is 36.8 Å². The molecule has 1 aromatic carbocycles. The van der Waals surface area contributed by atoms with Gasteiger partial charge in [0.1, 0.15) is 9.84 Å². The molecule has 3 nitrogen and oxygen atoms in total. The van der Waals surface area contributed by atoms with E-state index in [2.05, 4.69) is 47.2 Å². The van der Waals surface area contributed by atoms with Crippen LogP contribution in [0.2, 0.25) is 0 Å². The first-order valence-corrected chi connectivity index (χ1v) is 9.74. The molecule has 1 aliphatic rings. The fraction of sp³-hybridized carbons (Fsp3) is 0.600. The third-order valence-corrected chi connectivity index (χ3v) is 6.17. The van der Waals surface area contributed by atoms with Gasteiger partial charge in [0, 0.05) is 22.5 Å². The minimum atomic E-state index is -2.93. The zero-order valence-electron chi connectivity index (χ0n) is 12.2. The summed E-state index contributed by atoms with van der Waals surface area (Å²) in [4.78, 5) is 0. The van der Waals surface area contributed by atoms with Crippen LogP contribution in [-0.2, 0) is 9.84 Å². The van der Waals surface area contributed by atoms with Crippen molar-refractivity contribution >= 4 is 31.5 Å². The molecule has 0 aromatic heterocycles. The molecule has 0 radical (unpaired) electrons. The van der Waals surface area contributed by atoms with E-state index in [1.165, 1.54) is 17.4 Å². The molecule has 1 aromatic rings. The molecule has 20 heavy (non-hydrogen) atoms. The Labute approximate surface area is 130 Å². The van der Waals surface area contributed by atoms with Crippen LogP contribution < -0.4 is 5.32 Å². The quantitative estimate of drug-likeness (QED) is 0.891. The van der Waals surface area contributed by atoms with Gasteiger partial charge in [-0.15, -0.1) is 0 Å². The molecule has 0 amide bonds. The highest BCUT2D eigenvalue weighted by Crippen LogP contribution is 2.30. The predicted molar refractivity (Wildman–Crippen MR) is 88.1 cm³/mol. The SMILES string of the molecule is Cc1cc(Br)cc(C)c1NC1CCCC(S(C)(=O)=O)C1. The molecule has 5 heteroatoms. The van der Waals surface area contributed by atoms with Crippen LogP contribution >= 0.6 is 15.9 Å². The van der Waals surface area contributed by atoms with Crippen molar-refractivity contribution in [1.82, 2.24) is 0 Å². The molecule has 1 saturated carbocycles. The fourth-order valence-electron chi connectivity index (χ4n) is 3.01. The molecule has 0 spiro atoms. The van der Waals surface area contributed by atoms with Gasteiger partial charge in [0.05, 0.1) is 5.25 Å². The van der Waals surface area contributed by atoms with Gasteiger partial charge in [-0.05, 0) is 56.4 Å². The van der Waals surface area contributed by atoms with E-state index in [0.29, 0.717) is 6.42 Å². The molecule has 2 rings (SSSR count). The molecule has 2 atom stereocenters. The Kier molecular flexibility index (Phi) is 4.80. The third kappa shape index (κ3) is 3.76. The number of hydrogen-bond donors (Lipinski definition) is 1. The summed E-state index contributed by atoms with van der Waals surface area (Å²) < 4.78 is 24.5. The smallest absolute Gasteiger partial charge is 0.150 e. The van der Waals surface area contributed by atoms with Gasteiger partial charge < -0.3 is 5.32 Å². The van der Waals surface area contributed by atoms with Crippen LogP contribution in [0.3, 0.4) is 0 Å². The van der Waals surface area contributed by atoms with Crippen LogP contribution in [0, 0.1) is 13.8 Å². The number of anilines is 1. The second-order valence-corrected chi connectivity index (χ2v) is 9.12. The summed E-state index contributed by atoms with van der Waals surface area (Å²) >= 11 is 3.50. The average molecular weight is 360 g/mol. The summed E-state index contributed by atoms with van der Waals surface area (Å²) in [6.45, 7) is 4.16. The summed E-state index contributed by atoms with van der Waals surface area (Å²) in [5.41, 5.74) is 3.53. The van der Waals surface area contributed by atoms with Crippen LogP contribution in [0.4, 0.5) is 5.69 Å². The van der Waals surface area contributed by atoms with Crippen molar-refractivity contribution in [2.45, 2.75) is 50.8 Å². The molecule has 112 valence electrons. The van der Waals surface area contributed by atoms with Gasteiger partial charge in [-0.2, -0.15) is 0 Å². The molecule has 1 N–H and O–H groups in total. The Morgan fingerprint density at radius 2 is 1.80 bits per heavy atom. The number of benzene rings is 1. The Hall–Kier alpha value is -0.550. The van der Waals surface area contributed by atoms with Crippen molar-refractivity contribution in [1.29, 1.82) is 0 Å². The predicted octanol–water partition coefficient (Wildman–Crippen LogP) is 3.83. The Balaban J connectivity index is 2.14. The van der Waals surface area contributed by atoms with Gasteiger partial charge in [0.25, 0.3) is 0 Å². The molecule has 1 aliphatic carbocycles. The number of aryl methyl sites for hydroxylation is 2. The highest BCUT2D eigenvalue weighted by molar-refractivity contribution is 9.10. The number of halogens is 1. The molecule has 0 saturated heterocycles. The summed E-state index contributed by atoms with van der Waals surface area (Å²) in [5.74, 6) is 0. The Morgan fingerprint density at radius 3 is 2.35 bits per heavy atom. The molecule has 1 fully saturated rings. The van der Waals surface area contributed by atoms with Crippen molar-refractivity contribution in [3.63, 3.8) is 0 Å². The third-order valence-electron chi connectivity index (χ3n) is 4.08. The Bertz CT molecular complexity index is 575. The van der Waals surface area contributed by atoms with Gasteiger partial charge >= 0.3 is 0 Å². The van der Waals surface area contributed by atoms with Gasteiger partial charge in [0.15, 0.2) is 0 Å². The van der Waals surface area contributed by atoms with Crippen LogP contribution in [-0.4, -0.2) is 26.0 Å². The second kappa shape index (κ2) is 6.06. The lowest BCUT2D eigenvalue weighted by molar-refractivity contribution is 0.452. The topological polar surface area (TPSA) is 46.2 Å². The van der Waals surface area contributed by atoms with Gasteiger partial charge in [-0.1, -0.05) is 22.4 Å². The molecule has 0 aliphatic heterocycles. The number of rotatable bonds is 3. The average Bonchev–Trinajstić information content (AvgIpc) is 2.33.